The second kappa shape index (κ2) is 5.39. The summed E-state index contributed by atoms with van der Waals surface area (Å²) >= 11 is 0. The number of nitro groups is 1. The number of amides is 2. The number of rotatable bonds is 4. The third kappa shape index (κ3) is 2.78. The number of benzene rings is 1. The average molecular weight is 293 g/mol. The molecule has 21 heavy (non-hydrogen) atoms. The van der Waals surface area contributed by atoms with Crippen LogP contribution in [0.5, 0.6) is 0 Å². The van der Waals surface area contributed by atoms with Gasteiger partial charge in [0.15, 0.2) is 0 Å². The summed E-state index contributed by atoms with van der Waals surface area (Å²) in [6, 6.07) is 3.64. The Morgan fingerprint density at radius 1 is 1.38 bits per heavy atom. The number of nitro benzene ring substituents is 1. The summed E-state index contributed by atoms with van der Waals surface area (Å²) in [5.74, 6) is -1.07. The summed E-state index contributed by atoms with van der Waals surface area (Å²) in [5, 5.41) is 24.9. The fraction of sp³-hybridized carbons (Fsp3) is 0.385. The van der Waals surface area contributed by atoms with Gasteiger partial charge in [0.05, 0.1) is 16.2 Å². The van der Waals surface area contributed by atoms with Crippen molar-refractivity contribution < 1.29 is 19.6 Å². The van der Waals surface area contributed by atoms with Crippen LogP contribution in [-0.4, -0.2) is 27.6 Å². The van der Waals surface area contributed by atoms with Crippen molar-refractivity contribution in [3.05, 3.63) is 33.9 Å². The number of nitrogens with one attached hydrogen (secondary N) is 2. The molecule has 0 heterocycles. The molecule has 0 aromatic heterocycles. The van der Waals surface area contributed by atoms with Gasteiger partial charge in [0, 0.05) is 6.07 Å². The molecule has 8 heteroatoms. The Hall–Kier alpha value is -2.64. The predicted octanol–water partition coefficient (Wildman–Crippen LogP) is 2.03. The molecule has 1 aromatic carbocycles. The number of hydrogen-bond donors (Lipinski definition) is 3. The maximum absolute atomic E-state index is 11.9. The van der Waals surface area contributed by atoms with E-state index in [-0.39, 0.29) is 11.4 Å². The van der Waals surface area contributed by atoms with Gasteiger partial charge in [0.2, 0.25) is 0 Å². The van der Waals surface area contributed by atoms with Crippen molar-refractivity contribution in [2.24, 2.45) is 0 Å². The Morgan fingerprint density at radius 3 is 2.52 bits per heavy atom. The van der Waals surface area contributed by atoms with Crippen LogP contribution in [0.2, 0.25) is 0 Å². The van der Waals surface area contributed by atoms with E-state index in [2.05, 4.69) is 10.6 Å². The minimum absolute atomic E-state index is 0.107. The van der Waals surface area contributed by atoms with Gasteiger partial charge >= 0.3 is 12.0 Å². The highest BCUT2D eigenvalue weighted by Crippen LogP contribution is 2.32. The molecule has 0 atom stereocenters. The molecule has 1 aliphatic rings. The zero-order valence-electron chi connectivity index (χ0n) is 11.4. The van der Waals surface area contributed by atoms with Gasteiger partial charge < -0.3 is 15.7 Å². The number of anilines is 1. The molecule has 0 spiro atoms. The molecule has 8 nitrogen and oxygen atoms in total. The van der Waals surface area contributed by atoms with Crippen LogP contribution in [0, 0.1) is 17.0 Å². The smallest absolute Gasteiger partial charge is 0.329 e. The van der Waals surface area contributed by atoms with Gasteiger partial charge in [-0.1, -0.05) is 6.07 Å². The quantitative estimate of drug-likeness (QED) is 0.579. The molecule has 112 valence electrons. The molecular formula is C13H15N3O5. The van der Waals surface area contributed by atoms with Crippen LogP contribution in [-0.2, 0) is 4.79 Å². The fourth-order valence-electron chi connectivity index (χ4n) is 2.25. The summed E-state index contributed by atoms with van der Waals surface area (Å²) < 4.78 is 0. The molecule has 0 unspecified atom stereocenters. The maximum Gasteiger partial charge on any atom is 0.329 e. The number of urea groups is 1. The summed E-state index contributed by atoms with van der Waals surface area (Å²) in [7, 11) is 0. The molecule has 0 bridgehead atoms. The van der Waals surface area contributed by atoms with Crippen LogP contribution in [0.4, 0.5) is 16.2 Å². The molecule has 1 fully saturated rings. The molecule has 2 rings (SSSR count). The largest absolute Gasteiger partial charge is 0.480 e. The Labute approximate surface area is 120 Å². The van der Waals surface area contributed by atoms with Crippen molar-refractivity contribution in [2.75, 3.05) is 5.32 Å². The summed E-state index contributed by atoms with van der Waals surface area (Å²) in [4.78, 5) is 33.4. The molecule has 1 saturated carbocycles. The molecule has 0 aliphatic heterocycles. The number of nitrogens with zero attached hydrogens (tertiary/aromatic N) is 1. The lowest BCUT2D eigenvalue weighted by atomic mass is 9.77. The second-order valence-corrected chi connectivity index (χ2v) is 5.03. The lowest BCUT2D eigenvalue weighted by molar-refractivity contribution is -0.385. The number of carbonyl (C=O) groups is 2. The number of aliphatic carboxylic acids is 1. The molecule has 1 aliphatic carbocycles. The minimum atomic E-state index is -1.22. The SMILES string of the molecule is Cc1c(NC(=O)NC2(C(=O)O)CCC2)cccc1[N+](=O)[O-]. The van der Waals surface area contributed by atoms with E-state index in [1.165, 1.54) is 25.1 Å². The number of carbonyl (C=O) groups excluding carboxylic acids is 1. The van der Waals surface area contributed by atoms with Crippen molar-refractivity contribution >= 4 is 23.4 Å². The van der Waals surface area contributed by atoms with Gasteiger partial charge in [-0.2, -0.15) is 0 Å². The summed E-state index contributed by atoms with van der Waals surface area (Å²) in [6.45, 7) is 1.52. The zero-order chi connectivity index (χ0) is 15.6. The maximum atomic E-state index is 11.9. The molecule has 3 N–H and O–H groups in total. The van der Waals surface area contributed by atoms with E-state index in [1.54, 1.807) is 0 Å². The predicted molar refractivity (Wildman–Crippen MR) is 74.2 cm³/mol. The molecule has 2 amide bonds. The number of hydrogen-bond acceptors (Lipinski definition) is 4. The first-order chi connectivity index (χ1) is 9.85. The van der Waals surface area contributed by atoms with E-state index in [0.717, 1.165) is 6.42 Å². The highest BCUT2D eigenvalue weighted by atomic mass is 16.6. The van der Waals surface area contributed by atoms with Crippen molar-refractivity contribution in [1.82, 2.24) is 5.32 Å². The summed E-state index contributed by atoms with van der Waals surface area (Å²) in [6.07, 6.45) is 1.50. The summed E-state index contributed by atoms with van der Waals surface area (Å²) in [5.41, 5.74) is -0.736. The van der Waals surface area contributed by atoms with Crippen LogP contribution in [0.3, 0.4) is 0 Å². The van der Waals surface area contributed by atoms with E-state index in [9.17, 15) is 19.7 Å². The second-order valence-electron chi connectivity index (χ2n) is 5.03. The van der Waals surface area contributed by atoms with Crippen LogP contribution >= 0.6 is 0 Å². The van der Waals surface area contributed by atoms with E-state index in [0.29, 0.717) is 18.4 Å². The lowest BCUT2D eigenvalue weighted by Gasteiger charge is -2.38. The average Bonchev–Trinajstić information content (AvgIpc) is 2.35. The fourth-order valence-corrected chi connectivity index (χ4v) is 2.25. The van der Waals surface area contributed by atoms with E-state index in [1.807, 2.05) is 0 Å². The van der Waals surface area contributed by atoms with Crippen molar-refractivity contribution in [3.8, 4) is 0 Å². The van der Waals surface area contributed by atoms with E-state index >= 15 is 0 Å². The highest BCUT2D eigenvalue weighted by Gasteiger charge is 2.45. The molecule has 0 radical (unpaired) electrons. The third-order valence-electron chi connectivity index (χ3n) is 3.72. The van der Waals surface area contributed by atoms with Crippen LogP contribution in [0.15, 0.2) is 18.2 Å². The van der Waals surface area contributed by atoms with Gasteiger partial charge in [-0.05, 0) is 32.3 Å². The Kier molecular flexibility index (Phi) is 3.79. The molecule has 1 aromatic rings. The zero-order valence-corrected chi connectivity index (χ0v) is 11.4. The third-order valence-corrected chi connectivity index (χ3v) is 3.72. The number of carboxylic acids is 1. The van der Waals surface area contributed by atoms with Gasteiger partial charge in [-0.25, -0.2) is 9.59 Å². The topological polar surface area (TPSA) is 122 Å². The minimum Gasteiger partial charge on any atom is -0.480 e. The van der Waals surface area contributed by atoms with E-state index < -0.39 is 22.5 Å². The standard InChI is InChI=1S/C13H15N3O5/c1-8-9(4-2-5-10(8)16(20)21)14-12(19)15-13(11(17)18)6-3-7-13/h2,4-5H,3,6-7H2,1H3,(H,17,18)(H2,14,15,19). The monoisotopic (exact) mass is 293 g/mol. The van der Waals surface area contributed by atoms with Crippen molar-refractivity contribution in [3.63, 3.8) is 0 Å². The normalized spacial score (nSPS) is 15.7. The lowest BCUT2D eigenvalue weighted by Crippen LogP contribution is -2.60. The van der Waals surface area contributed by atoms with Crippen LogP contribution in [0.1, 0.15) is 24.8 Å². The Bertz CT molecular complexity index is 610. The number of carboxylic acid groups (broad SMARTS) is 1. The van der Waals surface area contributed by atoms with Gasteiger partial charge in [-0.3, -0.25) is 10.1 Å². The van der Waals surface area contributed by atoms with Gasteiger partial charge in [0.1, 0.15) is 5.54 Å². The van der Waals surface area contributed by atoms with Crippen molar-refractivity contribution in [2.45, 2.75) is 31.7 Å². The van der Waals surface area contributed by atoms with Gasteiger partial charge in [0.25, 0.3) is 5.69 Å². The first-order valence-corrected chi connectivity index (χ1v) is 6.42. The molecule has 0 saturated heterocycles. The van der Waals surface area contributed by atoms with Gasteiger partial charge in [-0.15, -0.1) is 0 Å². The van der Waals surface area contributed by atoms with Crippen molar-refractivity contribution in [1.29, 1.82) is 0 Å². The van der Waals surface area contributed by atoms with Crippen LogP contribution in [0.25, 0.3) is 0 Å². The first-order valence-electron chi connectivity index (χ1n) is 6.42. The van der Waals surface area contributed by atoms with Crippen LogP contribution < -0.4 is 10.6 Å². The molecular weight excluding hydrogens is 278 g/mol. The van der Waals surface area contributed by atoms with E-state index in [4.69, 9.17) is 5.11 Å². The Morgan fingerprint density at radius 2 is 2.05 bits per heavy atom. The Balaban J connectivity index is 2.12. The first kappa shape index (κ1) is 14.8. The highest BCUT2D eigenvalue weighted by molar-refractivity contribution is 5.95.